The molecule has 0 atom stereocenters. The number of aromatic nitrogens is 1. The monoisotopic (exact) mass is 277 g/mol. The second-order valence-corrected chi connectivity index (χ2v) is 5.72. The number of aryl methyl sites for hydroxylation is 3. The van der Waals surface area contributed by atoms with Gasteiger partial charge in [-0.05, 0) is 49.6 Å². The third kappa shape index (κ3) is 2.38. The number of nitrogens with zero attached hydrogens (tertiary/aromatic N) is 1. The van der Waals surface area contributed by atoms with Crippen molar-refractivity contribution < 1.29 is 4.79 Å². The molecule has 0 spiro atoms. The van der Waals surface area contributed by atoms with E-state index in [0.717, 1.165) is 29.3 Å². The predicted octanol–water partition coefficient (Wildman–Crippen LogP) is 4.43. The van der Waals surface area contributed by atoms with E-state index in [4.69, 9.17) is 0 Å². The van der Waals surface area contributed by atoms with Crippen molar-refractivity contribution in [1.29, 1.82) is 0 Å². The lowest BCUT2D eigenvalue weighted by Crippen LogP contribution is -2.03. The van der Waals surface area contributed by atoms with Crippen LogP contribution in [0.5, 0.6) is 0 Å². The van der Waals surface area contributed by atoms with E-state index >= 15 is 0 Å². The van der Waals surface area contributed by atoms with Gasteiger partial charge in [-0.1, -0.05) is 29.8 Å². The highest BCUT2D eigenvalue weighted by atomic mass is 16.1. The maximum absolute atomic E-state index is 11.1. The van der Waals surface area contributed by atoms with Gasteiger partial charge >= 0.3 is 0 Å². The lowest BCUT2D eigenvalue weighted by molar-refractivity contribution is 0.112. The molecule has 1 aromatic heterocycles. The summed E-state index contributed by atoms with van der Waals surface area (Å²) in [5.74, 6) is 0. The van der Waals surface area contributed by atoms with Crippen molar-refractivity contribution in [3.8, 4) is 0 Å². The average molecular weight is 277 g/mol. The number of hydrogen-bond donors (Lipinski definition) is 0. The molecular formula is C19H19NO. The smallest absolute Gasteiger partial charge is 0.150 e. The van der Waals surface area contributed by atoms with E-state index in [0.29, 0.717) is 0 Å². The van der Waals surface area contributed by atoms with Gasteiger partial charge < -0.3 is 4.57 Å². The molecule has 3 aromatic rings. The summed E-state index contributed by atoms with van der Waals surface area (Å²) in [5.41, 5.74) is 7.16. The highest BCUT2D eigenvalue weighted by molar-refractivity contribution is 5.97. The molecule has 3 rings (SSSR count). The first-order valence-corrected chi connectivity index (χ1v) is 7.20. The molecule has 0 unspecified atom stereocenters. The number of benzene rings is 2. The minimum Gasteiger partial charge on any atom is -0.343 e. The normalized spacial score (nSPS) is 11.0. The molecule has 21 heavy (non-hydrogen) atoms. The Kier molecular flexibility index (Phi) is 3.38. The highest BCUT2D eigenvalue weighted by Crippen LogP contribution is 2.23. The maximum Gasteiger partial charge on any atom is 0.150 e. The number of fused-ring (bicyclic) bond motifs is 1. The predicted molar refractivity (Wildman–Crippen MR) is 87.1 cm³/mol. The van der Waals surface area contributed by atoms with Crippen LogP contribution in [0.3, 0.4) is 0 Å². The van der Waals surface area contributed by atoms with Crippen LogP contribution in [0.15, 0.2) is 42.6 Å². The number of carbonyl (C=O) groups is 1. The summed E-state index contributed by atoms with van der Waals surface area (Å²) in [6.07, 6.45) is 2.99. The third-order valence-corrected chi connectivity index (χ3v) is 4.14. The molecule has 1 heterocycles. The molecule has 2 nitrogen and oxygen atoms in total. The Morgan fingerprint density at radius 3 is 2.43 bits per heavy atom. The number of rotatable bonds is 3. The SMILES string of the molecule is Cc1cc(C)c(Cn2ccc3c(C=O)cccc32)c(C)c1. The van der Waals surface area contributed by atoms with Crippen LogP contribution in [-0.4, -0.2) is 10.9 Å². The third-order valence-electron chi connectivity index (χ3n) is 4.14. The van der Waals surface area contributed by atoms with Gasteiger partial charge in [0.2, 0.25) is 0 Å². The molecule has 2 aromatic carbocycles. The fourth-order valence-corrected chi connectivity index (χ4v) is 3.12. The van der Waals surface area contributed by atoms with Gasteiger partial charge in [-0.2, -0.15) is 0 Å². The van der Waals surface area contributed by atoms with Crippen molar-refractivity contribution >= 4 is 17.2 Å². The van der Waals surface area contributed by atoms with E-state index in [-0.39, 0.29) is 0 Å². The van der Waals surface area contributed by atoms with Crippen LogP contribution < -0.4 is 0 Å². The second-order valence-electron chi connectivity index (χ2n) is 5.72. The molecule has 0 aliphatic carbocycles. The summed E-state index contributed by atoms with van der Waals surface area (Å²) in [7, 11) is 0. The van der Waals surface area contributed by atoms with Crippen molar-refractivity contribution in [2.24, 2.45) is 0 Å². The highest BCUT2D eigenvalue weighted by Gasteiger charge is 2.08. The Hall–Kier alpha value is -2.35. The summed E-state index contributed by atoms with van der Waals surface area (Å²) in [4.78, 5) is 11.1. The van der Waals surface area contributed by atoms with Crippen LogP contribution >= 0.6 is 0 Å². The Labute approximate surface area is 125 Å². The van der Waals surface area contributed by atoms with E-state index in [1.807, 2.05) is 18.2 Å². The largest absolute Gasteiger partial charge is 0.343 e. The molecule has 0 radical (unpaired) electrons. The zero-order valence-electron chi connectivity index (χ0n) is 12.7. The van der Waals surface area contributed by atoms with Gasteiger partial charge in [0.25, 0.3) is 0 Å². The molecule has 0 amide bonds. The molecule has 0 aliphatic rings. The summed E-state index contributed by atoms with van der Waals surface area (Å²) in [5, 5.41) is 1.02. The fraction of sp³-hybridized carbons (Fsp3) is 0.211. The number of aldehydes is 1. The van der Waals surface area contributed by atoms with Gasteiger partial charge in [-0.15, -0.1) is 0 Å². The van der Waals surface area contributed by atoms with Crippen molar-refractivity contribution in [3.05, 3.63) is 70.4 Å². The first-order valence-electron chi connectivity index (χ1n) is 7.20. The zero-order valence-corrected chi connectivity index (χ0v) is 12.7. The second kappa shape index (κ2) is 5.21. The summed E-state index contributed by atoms with van der Waals surface area (Å²) in [6.45, 7) is 7.30. The van der Waals surface area contributed by atoms with Gasteiger partial charge in [0.15, 0.2) is 6.29 Å². The zero-order chi connectivity index (χ0) is 15.0. The lowest BCUT2D eigenvalue weighted by Gasteiger charge is -2.13. The van der Waals surface area contributed by atoms with Gasteiger partial charge in [-0.3, -0.25) is 4.79 Å². The van der Waals surface area contributed by atoms with E-state index in [9.17, 15) is 4.79 Å². The summed E-state index contributed by atoms with van der Waals surface area (Å²) >= 11 is 0. The first kappa shape index (κ1) is 13.6. The van der Waals surface area contributed by atoms with Crippen LogP contribution in [-0.2, 0) is 6.54 Å². The molecule has 0 N–H and O–H groups in total. The van der Waals surface area contributed by atoms with E-state index < -0.39 is 0 Å². The van der Waals surface area contributed by atoms with Gasteiger partial charge in [0.1, 0.15) is 0 Å². The average Bonchev–Trinajstić information content (AvgIpc) is 2.85. The maximum atomic E-state index is 11.1. The van der Waals surface area contributed by atoms with Crippen molar-refractivity contribution in [1.82, 2.24) is 4.57 Å². The minimum absolute atomic E-state index is 0.753. The van der Waals surface area contributed by atoms with Gasteiger partial charge in [0.05, 0.1) is 0 Å². The molecule has 0 fully saturated rings. The van der Waals surface area contributed by atoms with E-state index in [1.165, 1.54) is 22.3 Å². The van der Waals surface area contributed by atoms with Crippen LogP contribution in [0.1, 0.15) is 32.6 Å². The minimum atomic E-state index is 0.753. The van der Waals surface area contributed by atoms with Crippen molar-refractivity contribution in [2.45, 2.75) is 27.3 Å². The summed E-state index contributed by atoms with van der Waals surface area (Å²) < 4.78 is 2.22. The van der Waals surface area contributed by atoms with Crippen LogP contribution in [0.25, 0.3) is 10.9 Å². The molecule has 2 heteroatoms. The summed E-state index contributed by atoms with van der Waals surface area (Å²) in [6, 6.07) is 12.4. The van der Waals surface area contributed by atoms with Gasteiger partial charge in [-0.25, -0.2) is 0 Å². The van der Waals surface area contributed by atoms with E-state index in [2.05, 4.69) is 49.7 Å². The Bertz CT molecular complexity index is 804. The Morgan fingerprint density at radius 1 is 1.05 bits per heavy atom. The van der Waals surface area contributed by atoms with Crippen molar-refractivity contribution in [3.63, 3.8) is 0 Å². The number of hydrogen-bond acceptors (Lipinski definition) is 1. The van der Waals surface area contributed by atoms with Crippen LogP contribution in [0, 0.1) is 20.8 Å². The topological polar surface area (TPSA) is 22.0 Å². The molecule has 0 saturated carbocycles. The van der Waals surface area contributed by atoms with Crippen LogP contribution in [0.4, 0.5) is 0 Å². The van der Waals surface area contributed by atoms with Crippen molar-refractivity contribution in [2.75, 3.05) is 0 Å². The fourth-order valence-electron chi connectivity index (χ4n) is 3.12. The Morgan fingerprint density at radius 2 is 1.76 bits per heavy atom. The molecule has 0 aliphatic heterocycles. The lowest BCUT2D eigenvalue weighted by atomic mass is 10.00. The molecule has 0 saturated heterocycles. The Balaban J connectivity index is 2.09. The molecule has 106 valence electrons. The van der Waals surface area contributed by atoms with E-state index in [1.54, 1.807) is 0 Å². The molecular weight excluding hydrogens is 258 g/mol. The standard InChI is InChI=1S/C19H19NO/c1-13-9-14(2)18(15(3)10-13)11-20-8-7-17-16(12-21)5-4-6-19(17)20/h4-10,12H,11H2,1-3H3. The quantitative estimate of drug-likeness (QED) is 0.649. The van der Waals surface area contributed by atoms with Gasteiger partial charge in [0, 0.05) is 29.2 Å². The number of carbonyl (C=O) groups excluding carboxylic acids is 1. The molecule has 0 bridgehead atoms. The van der Waals surface area contributed by atoms with Crippen LogP contribution in [0.2, 0.25) is 0 Å². The first-order chi connectivity index (χ1) is 10.1.